The lowest BCUT2D eigenvalue weighted by Gasteiger charge is -2.12. The maximum absolute atomic E-state index is 5.77. The highest BCUT2D eigenvalue weighted by Gasteiger charge is 2.17. The Kier molecular flexibility index (Phi) is 7.17. The predicted molar refractivity (Wildman–Crippen MR) is 117 cm³/mol. The number of ether oxygens (including phenoxy) is 2. The van der Waals surface area contributed by atoms with E-state index in [0.29, 0.717) is 13.2 Å². The van der Waals surface area contributed by atoms with E-state index in [-0.39, 0.29) is 0 Å². The molecule has 3 rings (SSSR count). The number of nitrogens with zero attached hydrogens (tertiary/aromatic N) is 3. The van der Waals surface area contributed by atoms with Gasteiger partial charge in [-0.1, -0.05) is 36.0 Å². The molecule has 1 aromatic heterocycles. The Labute approximate surface area is 177 Å². The predicted octanol–water partition coefficient (Wildman–Crippen LogP) is 5.59. The molecule has 2 aromatic carbocycles. The molecule has 0 aliphatic heterocycles. The van der Waals surface area contributed by atoms with Gasteiger partial charge in [-0.25, -0.2) is 0 Å². The van der Waals surface area contributed by atoms with Gasteiger partial charge in [0.15, 0.2) is 11.0 Å². The average molecular weight is 460 g/mol. The van der Waals surface area contributed by atoms with Gasteiger partial charge >= 0.3 is 0 Å². The monoisotopic (exact) mass is 459 g/mol. The second-order valence-corrected chi connectivity index (χ2v) is 7.69. The summed E-state index contributed by atoms with van der Waals surface area (Å²) < 4.78 is 14.1. The van der Waals surface area contributed by atoms with Crippen molar-refractivity contribution in [3.05, 3.63) is 65.2 Å². The summed E-state index contributed by atoms with van der Waals surface area (Å²) in [5.41, 5.74) is 2.10. The number of aromatic nitrogens is 3. The fourth-order valence-electron chi connectivity index (χ4n) is 2.77. The molecule has 5 nitrogen and oxygen atoms in total. The van der Waals surface area contributed by atoms with Crippen LogP contribution in [0.15, 0.2) is 64.7 Å². The number of benzene rings is 2. The topological polar surface area (TPSA) is 49.2 Å². The number of allylic oxidation sites excluding steroid dienone is 1. The van der Waals surface area contributed by atoms with Crippen LogP contribution in [0.3, 0.4) is 0 Å². The van der Waals surface area contributed by atoms with E-state index in [2.05, 4.69) is 49.4 Å². The quantitative estimate of drug-likeness (QED) is 0.308. The summed E-state index contributed by atoms with van der Waals surface area (Å²) >= 11 is 5.17. The highest BCUT2D eigenvalue weighted by Crippen LogP contribution is 2.33. The van der Waals surface area contributed by atoms with Crippen LogP contribution in [0, 0.1) is 0 Å². The molecule has 1 heterocycles. The molecule has 0 amide bonds. The molecule has 3 aromatic rings. The number of methoxy groups -OCH3 is 1. The highest BCUT2D eigenvalue weighted by atomic mass is 79.9. The van der Waals surface area contributed by atoms with Crippen LogP contribution in [0.2, 0.25) is 0 Å². The van der Waals surface area contributed by atoms with Crippen molar-refractivity contribution in [2.75, 3.05) is 13.7 Å². The molecule has 146 valence electrons. The molecule has 0 unspecified atom stereocenters. The number of para-hydroxylation sites is 1. The first kappa shape index (κ1) is 20.5. The van der Waals surface area contributed by atoms with E-state index in [0.717, 1.165) is 38.3 Å². The molecule has 0 saturated heterocycles. The summed E-state index contributed by atoms with van der Waals surface area (Å²) in [6.07, 6.45) is 1.85. The van der Waals surface area contributed by atoms with Gasteiger partial charge in [0, 0.05) is 12.3 Å². The SMILES string of the molecule is C=CCn1c(SCc2ccc(OC)c(Br)c2)nnc1-c1ccccc1OCC. The van der Waals surface area contributed by atoms with Gasteiger partial charge in [0.2, 0.25) is 0 Å². The molecule has 0 aliphatic carbocycles. The molecule has 0 spiro atoms. The zero-order valence-electron chi connectivity index (χ0n) is 15.9. The van der Waals surface area contributed by atoms with Crippen molar-refractivity contribution < 1.29 is 9.47 Å². The van der Waals surface area contributed by atoms with Gasteiger partial charge in [-0.3, -0.25) is 4.57 Å². The molecule has 0 radical (unpaired) electrons. The summed E-state index contributed by atoms with van der Waals surface area (Å²) in [5.74, 6) is 3.17. The summed E-state index contributed by atoms with van der Waals surface area (Å²) in [7, 11) is 1.66. The standard InChI is InChI=1S/C21H22BrN3O2S/c1-4-12-25-20(16-8-6-7-9-18(16)27-5-2)23-24-21(25)28-14-15-10-11-19(26-3)17(22)13-15/h4,6-11,13H,1,5,12,14H2,2-3H3. The van der Waals surface area contributed by atoms with Crippen molar-refractivity contribution in [1.82, 2.24) is 14.8 Å². The number of halogens is 1. The Hall–Kier alpha value is -2.25. The number of thioether (sulfide) groups is 1. The zero-order chi connectivity index (χ0) is 19.9. The number of hydrogen-bond donors (Lipinski definition) is 0. The zero-order valence-corrected chi connectivity index (χ0v) is 18.3. The van der Waals surface area contributed by atoms with Crippen LogP contribution in [-0.2, 0) is 12.3 Å². The summed E-state index contributed by atoms with van der Waals surface area (Å²) in [6, 6.07) is 14.0. The molecule has 28 heavy (non-hydrogen) atoms. The third kappa shape index (κ3) is 4.59. The molecule has 0 bridgehead atoms. The third-order valence-electron chi connectivity index (χ3n) is 4.04. The Bertz CT molecular complexity index is 959. The van der Waals surface area contributed by atoms with Gasteiger partial charge in [-0.2, -0.15) is 0 Å². The summed E-state index contributed by atoms with van der Waals surface area (Å²) in [4.78, 5) is 0. The third-order valence-corrected chi connectivity index (χ3v) is 5.70. The molecule has 0 aliphatic rings. The van der Waals surface area contributed by atoms with Crippen LogP contribution in [0.5, 0.6) is 11.5 Å². The minimum Gasteiger partial charge on any atom is -0.496 e. The molecule has 0 saturated carbocycles. The minimum absolute atomic E-state index is 0.598. The maximum Gasteiger partial charge on any atom is 0.192 e. The van der Waals surface area contributed by atoms with Crippen LogP contribution in [0.25, 0.3) is 11.4 Å². The molecular weight excluding hydrogens is 438 g/mol. The lowest BCUT2D eigenvalue weighted by atomic mass is 10.2. The van der Waals surface area contributed by atoms with E-state index < -0.39 is 0 Å². The van der Waals surface area contributed by atoms with E-state index in [9.17, 15) is 0 Å². The maximum atomic E-state index is 5.77. The van der Waals surface area contributed by atoms with Gasteiger partial charge in [0.25, 0.3) is 0 Å². The fraction of sp³-hybridized carbons (Fsp3) is 0.238. The van der Waals surface area contributed by atoms with Gasteiger partial charge in [0.05, 0.1) is 23.8 Å². The summed E-state index contributed by atoms with van der Waals surface area (Å²) in [5, 5.41) is 9.70. The molecule has 0 fully saturated rings. The Balaban J connectivity index is 1.87. The van der Waals surface area contributed by atoms with Crippen LogP contribution >= 0.6 is 27.7 Å². The smallest absolute Gasteiger partial charge is 0.192 e. The van der Waals surface area contributed by atoms with Crippen LogP contribution in [0.1, 0.15) is 12.5 Å². The number of hydrogen-bond acceptors (Lipinski definition) is 5. The fourth-order valence-corrected chi connectivity index (χ4v) is 4.25. The molecule has 7 heteroatoms. The lowest BCUT2D eigenvalue weighted by molar-refractivity contribution is 0.341. The van der Waals surface area contributed by atoms with E-state index in [1.54, 1.807) is 18.9 Å². The van der Waals surface area contributed by atoms with Crippen molar-refractivity contribution in [3.8, 4) is 22.9 Å². The van der Waals surface area contributed by atoms with Crippen LogP contribution in [0.4, 0.5) is 0 Å². The average Bonchev–Trinajstić information content (AvgIpc) is 3.10. The first-order chi connectivity index (χ1) is 13.7. The molecular formula is C21H22BrN3O2S. The molecule has 0 atom stereocenters. The summed E-state index contributed by atoms with van der Waals surface area (Å²) in [6.45, 7) is 7.07. The highest BCUT2D eigenvalue weighted by molar-refractivity contribution is 9.10. The Morgan fingerprint density at radius 1 is 1.18 bits per heavy atom. The Morgan fingerprint density at radius 2 is 2.00 bits per heavy atom. The lowest BCUT2D eigenvalue weighted by Crippen LogP contribution is -2.02. The van der Waals surface area contributed by atoms with Crippen molar-refractivity contribution in [1.29, 1.82) is 0 Å². The minimum atomic E-state index is 0.598. The van der Waals surface area contributed by atoms with E-state index >= 15 is 0 Å². The van der Waals surface area contributed by atoms with Crippen molar-refractivity contribution >= 4 is 27.7 Å². The normalized spacial score (nSPS) is 10.7. The van der Waals surface area contributed by atoms with Crippen LogP contribution in [-0.4, -0.2) is 28.5 Å². The second kappa shape index (κ2) is 9.80. The van der Waals surface area contributed by atoms with Gasteiger partial charge in [0.1, 0.15) is 11.5 Å². The molecule has 0 N–H and O–H groups in total. The van der Waals surface area contributed by atoms with Crippen molar-refractivity contribution in [2.45, 2.75) is 24.4 Å². The van der Waals surface area contributed by atoms with Gasteiger partial charge < -0.3 is 9.47 Å². The largest absolute Gasteiger partial charge is 0.496 e. The first-order valence-electron chi connectivity index (χ1n) is 8.89. The van der Waals surface area contributed by atoms with E-state index in [1.165, 1.54) is 5.56 Å². The van der Waals surface area contributed by atoms with E-state index in [1.807, 2.05) is 43.3 Å². The van der Waals surface area contributed by atoms with Crippen LogP contribution < -0.4 is 9.47 Å². The number of rotatable bonds is 9. The van der Waals surface area contributed by atoms with Crippen molar-refractivity contribution in [2.24, 2.45) is 0 Å². The van der Waals surface area contributed by atoms with Gasteiger partial charge in [-0.15, -0.1) is 16.8 Å². The second-order valence-electron chi connectivity index (χ2n) is 5.89. The first-order valence-corrected chi connectivity index (χ1v) is 10.7. The van der Waals surface area contributed by atoms with Gasteiger partial charge in [-0.05, 0) is 52.7 Å². The van der Waals surface area contributed by atoms with Crippen molar-refractivity contribution in [3.63, 3.8) is 0 Å². The van der Waals surface area contributed by atoms with E-state index in [4.69, 9.17) is 9.47 Å². The Morgan fingerprint density at radius 3 is 2.71 bits per heavy atom.